The van der Waals surface area contributed by atoms with E-state index in [1.54, 1.807) is 6.08 Å². The molecule has 0 heterocycles. The van der Waals surface area contributed by atoms with E-state index >= 15 is 0 Å². The van der Waals surface area contributed by atoms with Gasteiger partial charge in [-0.1, -0.05) is 217 Å². The third kappa shape index (κ3) is 48.2. The van der Waals surface area contributed by atoms with Crippen LogP contribution < -0.4 is 5.32 Å². The minimum absolute atomic E-state index is 0.0536. The van der Waals surface area contributed by atoms with Crippen molar-refractivity contribution in [2.45, 2.75) is 251 Å². The van der Waals surface area contributed by atoms with Crippen LogP contribution in [0, 0.1) is 0 Å². The maximum absolute atomic E-state index is 12.9. The van der Waals surface area contributed by atoms with Gasteiger partial charge >= 0.3 is 7.82 Å². The highest BCUT2D eigenvalue weighted by molar-refractivity contribution is 7.47. The number of nitrogens with zero attached hydrogens (tertiary/aromatic N) is 1. The summed E-state index contributed by atoms with van der Waals surface area (Å²) in [5, 5.41) is 13.9. The van der Waals surface area contributed by atoms with E-state index < -0.39 is 20.0 Å². The number of amides is 1. The number of hydrogen-bond donors (Lipinski definition) is 3. The smallest absolute Gasteiger partial charge is 0.387 e. The molecule has 0 aromatic carbocycles. The number of carbonyl (C=O) groups excluding carboxylic acids is 1. The molecule has 0 aromatic heterocycles. The van der Waals surface area contributed by atoms with Gasteiger partial charge in [-0.25, -0.2) is 4.57 Å². The van der Waals surface area contributed by atoms with Crippen LogP contribution in [0.25, 0.3) is 0 Å². The highest BCUT2D eigenvalue weighted by Crippen LogP contribution is 2.43. The molecule has 0 fully saturated rings. The number of likely N-dealkylation sites (N-methyl/N-ethyl adjacent to an activating group) is 1. The van der Waals surface area contributed by atoms with Gasteiger partial charge in [-0.3, -0.25) is 13.8 Å². The lowest BCUT2D eigenvalue weighted by Gasteiger charge is -2.25. The minimum Gasteiger partial charge on any atom is -0.387 e. The van der Waals surface area contributed by atoms with Crippen LogP contribution >= 0.6 is 7.82 Å². The third-order valence-corrected chi connectivity index (χ3v) is 12.8. The van der Waals surface area contributed by atoms with E-state index in [0.29, 0.717) is 17.4 Å². The van der Waals surface area contributed by atoms with Crippen molar-refractivity contribution in [1.29, 1.82) is 0 Å². The summed E-state index contributed by atoms with van der Waals surface area (Å²) in [5.74, 6) is -0.194. The van der Waals surface area contributed by atoms with Crippen LogP contribution in [0.5, 0.6) is 0 Å². The lowest BCUT2D eigenvalue weighted by molar-refractivity contribution is -0.870. The standard InChI is InChI=1S/C54H103N2O6P/c1-6-8-10-12-14-16-18-20-22-24-26-27-28-29-30-31-33-35-37-39-41-43-45-47-53(57)52(51-62-63(59,60)61-50-49-56(3,4)5)55-54(58)48-46-44-42-40-38-36-34-32-25-23-21-19-17-15-13-11-9-7-2/h17,19,23,25,37,39,45,47,52-53,57H,6-16,18,20-22,24,26-36,38,40-44,46,48-51H2,1-5H3,(H-,55,58,59,60)/p+1/b19-17-,25-23-,39-37+,47-45+. The molecule has 3 N–H and O–H groups in total. The molecule has 8 nitrogen and oxygen atoms in total. The average Bonchev–Trinajstić information content (AvgIpc) is 3.24. The molecule has 0 aliphatic rings. The second-order valence-electron chi connectivity index (χ2n) is 19.2. The number of quaternary nitrogens is 1. The molecular formula is C54H104N2O6P+. The van der Waals surface area contributed by atoms with Crippen molar-refractivity contribution in [3.05, 3.63) is 48.6 Å². The zero-order chi connectivity index (χ0) is 46.4. The lowest BCUT2D eigenvalue weighted by atomic mass is 10.0. The number of aliphatic hydroxyl groups is 1. The maximum Gasteiger partial charge on any atom is 0.472 e. The molecule has 0 aliphatic carbocycles. The molecule has 0 aliphatic heterocycles. The fourth-order valence-electron chi connectivity index (χ4n) is 7.56. The van der Waals surface area contributed by atoms with Crippen LogP contribution in [0.1, 0.15) is 239 Å². The molecule has 9 heteroatoms. The molecular weight excluding hydrogens is 804 g/mol. The van der Waals surface area contributed by atoms with Crippen molar-refractivity contribution in [1.82, 2.24) is 5.32 Å². The second kappa shape index (κ2) is 45.6. The van der Waals surface area contributed by atoms with Crippen molar-refractivity contribution < 1.29 is 32.9 Å². The van der Waals surface area contributed by atoms with Gasteiger partial charge in [0.05, 0.1) is 39.9 Å². The molecule has 1 amide bonds. The summed E-state index contributed by atoms with van der Waals surface area (Å²) in [4.78, 5) is 23.2. The minimum atomic E-state index is -4.35. The predicted molar refractivity (Wildman–Crippen MR) is 272 cm³/mol. The van der Waals surface area contributed by atoms with E-state index in [2.05, 4.69) is 55.6 Å². The molecule has 0 saturated heterocycles. The Kier molecular flexibility index (Phi) is 44.5. The number of phosphoric acid groups is 1. The Balaban J connectivity index is 4.34. The van der Waals surface area contributed by atoms with Crippen molar-refractivity contribution in [2.24, 2.45) is 0 Å². The Morgan fingerprint density at radius 3 is 1.38 bits per heavy atom. The first-order valence-electron chi connectivity index (χ1n) is 26.5. The first-order chi connectivity index (χ1) is 30.5. The molecule has 370 valence electrons. The van der Waals surface area contributed by atoms with Gasteiger partial charge in [-0.2, -0.15) is 0 Å². The Bertz CT molecular complexity index is 1170. The SMILES string of the molecule is CCCCCC/C=C\C/C=C\CCCCCCCCCC(=O)NC(COP(=O)(O)OCC[N+](C)(C)C)C(O)/C=C/CC/C=C/CCCCCCCCCCCCCCCCCCC. The van der Waals surface area contributed by atoms with Crippen LogP contribution in [0.2, 0.25) is 0 Å². The molecule has 0 rings (SSSR count). The summed E-state index contributed by atoms with van der Waals surface area (Å²) in [5.41, 5.74) is 0. The first-order valence-corrected chi connectivity index (χ1v) is 28.0. The van der Waals surface area contributed by atoms with Gasteiger partial charge in [0.1, 0.15) is 13.2 Å². The number of aliphatic hydroxyl groups excluding tert-OH is 1. The van der Waals surface area contributed by atoms with E-state index in [1.807, 2.05) is 27.2 Å². The summed E-state index contributed by atoms with van der Waals surface area (Å²) in [6, 6.07) is -0.868. The van der Waals surface area contributed by atoms with Gasteiger partial charge in [-0.05, 0) is 64.2 Å². The zero-order valence-corrected chi connectivity index (χ0v) is 43.0. The molecule has 3 unspecified atom stereocenters. The van der Waals surface area contributed by atoms with Crippen LogP contribution in [-0.4, -0.2) is 73.4 Å². The fourth-order valence-corrected chi connectivity index (χ4v) is 8.29. The van der Waals surface area contributed by atoms with E-state index in [4.69, 9.17) is 9.05 Å². The summed E-state index contributed by atoms with van der Waals surface area (Å²) in [6.07, 6.45) is 59.1. The number of phosphoric ester groups is 1. The average molecular weight is 908 g/mol. The molecule has 3 atom stereocenters. The third-order valence-electron chi connectivity index (χ3n) is 11.8. The molecule has 63 heavy (non-hydrogen) atoms. The quantitative estimate of drug-likeness (QED) is 0.0243. The normalized spacial score (nSPS) is 14.5. The number of allylic oxidation sites excluding steroid dienone is 7. The topological polar surface area (TPSA) is 105 Å². The van der Waals surface area contributed by atoms with Crippen molar-refractivity contribution in [3.8, 4) is 0 Å². The van der Waals surface area contributed by atoms with Gasteiger partial charge in [0.25, 0.3) is 0 Å². The summed E-state index contributed by atoms with van der Waals surface area (Å²) < 4.78 is 23.6. The van der Waals surface area contributed by atoms with Crippen LogP contribution in [-0.2, 0) is 18.4 Å². The largest absolute Gasteiger partial charge is 0.472 e. The number of carbonyl (C=O) groups is 1. The van der Waals surface area contributed by atoms with Gasteiger partial charge < -0.3 is 19.8 Å². The maximum atomic E-state index is 12.9. The number of nitrogens with one attached hydrogen (secondary N) is 1. The van der Waals surface area contributed by atoms with E-state index in [0.717, 1.165) is 51.4 Å². The highest BCUT2D eigenvalue weighted by atomic mass is 31.2. The van der Waals surface area contributed by atoms with E-state index in [1.165, 1.54) is 167 Å². The molecule has 0 spiro atoms. The fraction of sp³-hybridized carbons (Fsp3) is 0.833. The van der Waals surface area contributed by atoms with E-state index in [-0.39, 0.29) is 19.1 Å². The molecule has 0 bridgehead atoms. The predicted octanol–water partition coefficient (Wildman–Crippen LogP) is 15.6. The van der Waals surface area contributed by atoms with E-state index in [9.17, 15) is 19.4 Å². The zero-order valence-electron chi connectivity index (χ0n) is 42.1. The number of hydrogen-bond acceptors (Lipinski definition) is 5. The first kappa shape index (κ1) is 61.5. The van der Waals surface area contributed by atoms with Crippen molar-refractivity contribution in [2.75, 3.05) is 40.9 Å². The van der Waals surface area contributed by atoms with Gasteiger partial charge in [0.15, 0.2) is 0 Å². The van der Waals surface area contributed by atoms with Crippen LogP contribution in [0.3, 0.4) is 0 Å². The summed E-state index contributed by atoms with van der Waals surface area (Å²) in [7, 11) is 1.55. The lowest BCUT2D eigenvalue weighted by Crippen LogP contribution is -2.45. The van der Waals surface area contributed by atoms with Gasteiger partial charge in [-0.15, -0.1) is 0 Å². The monoisotopic (exact) mass is 908 g/mol. The Labute approximate surface area is 390 Å². The molecule has 0 radical (unpaired) electrons. The molecule has 0 aromatic rings. The highest BCUT2D eigenvalue weighted by Gasteiger charge is 2.27. The number of unbranched alkanes of at least 4 members (excludes halogenated alkanes) is 29. The van der Waals surface area contributed by atoms with Gasteiger partial charge in [0.2, 0.25) is 5.91 Å². The number of rotatable bonds is 48. The summed E-state index contributed by atoms with van der Waals surface area (Å²) in [6.45, 7) is 4.79. The molecule has 0 saturated carbocycles. The Morgan fingerprint density at radius 1 is 0.540 bits per heavy atom. The Morgan fingerprint density at radius 2 is 0.921 bits per heavy atom. The Hall–Kier alpha value is -1.54. The van der Waals surface area contributed by atoms with Crippen LogP contribution in [0.15, 0.2) is 48.6 Å². The van der Waals surface area contributed by atoms with Crippen molar-refractivity contribution >= 4 is 13.7 Å². The van der Waals surface area contributed by atoms with Gasteiger partial charge in [0, 0.05) is 6.42 Å². The van der Waals surface area contributed by atoms with Crippen molar-refractivity contribution in [3.63, 3.8) is 0 Å². The summed E-state index contributed by atoms with van der Waals surface area (Å²) >= 11 is 0. The van der Waals surface area contributed by atoms with Crippen LogP contribution in [0.4, 0.5) is 0 Å². The second-order valence-corrected chi connectivity index (χ2v) is 20.7.